The molecule has 0 atom stereocenters. The Morgan fingerprint density at radius 3 is 2.81 bits per heavy atom. The molecule has 1 aromatic carbocycles. The van der Waals surface area contributed by atoms with E-state index in [4.69, 9.17) is 17.3 Å². The molecule has 1 aromatic heterocycles. The molecule has 0 bridgehead atoms. The van der Waals surface area contributed by atoms with Gasteiger partial charge in [0.2, 0.25) is 5.95 Å². The van der Waals surface area contributed by atoms with Crippen molar-refractivity contribution in [3.05, 3.63) is 47.1 Å². The predicted molar refractivity (Wildman–Crippen MR) is 67.5 cm³/mol. The van der Waals surface area contributed by atoms with E-state index >= 15 is 0 Å². The highest BCUT2D eigenvalue weighted by Crippen LogP contribution is 2.25. The van der Waals surface area contributed by atoms with Gasteiger partial charge in [-0.25, -0.2) is 9.97 Å². The Balaban J connectivity index is 2.05. The Morgan fingerprint density at radius 1 is 1.25 bits per heavy atom. The molecule has 0 unspecified atom stereocenters. The van der Waals surface area contributed by atoms with Crippen molar-refractivity contribution in [2.45, 2.75) is 10.8 Å². The second-order valence-corrected chi connectivity index (χ2v) is 4.54. The Labute approximate surface area is 103 Å². The van der Waals surface area contributed by atoms with E-state index in [1.165, 1.54) is 0 Å². The Morgan fingerprint density at radius 2 is 2.06 bits per heavy atom. The monoisotopic (exact) mass is 251 g/mol. The minimum atomic E-state index is 0.296. The molecule has 2 aromatic rings. The zero-order chi connectivity index (χ0) is 11.4. The van der Waals surface area contributed by atoms with Crippen LogP contribution in [0.25, 0.3) is 0 Å². The van der Waals surface area contributed by atoms with Crippen LogP contribution in [0.4, 0.5) is 5.95 Å². The standard InChI is InChI=1S/C11H10ClN3S/c12-9-4-2-1-3-8(9)7-16-10-5-6-14-11(13)15-10/h1-6H,7H2,(H2,13,14,15). The zero-order valence-corrected chi connectivity index (χ0v) is 10.0. The van der Waals surface area contributed by atoms with E-state index in [2.05, 4.69) is 9.97 Å². The largest absolute Gasteiger partial charge is 0.368 e. The first-order valence-electron chi connectivity index (χ1n) is 4.70. The van der Waals surface area contributed by atoms with Crippen molar-refractivity contribution in [1.82, 2.24) is 9.97 Å². The first-order valence-corrected chi connectivity index (χ1v) is 6.07. The molecule has 0 aliphatic carbocycles. The average molecular weight is 252 g/mol. The molecule has 0 spiro atoms. The molecule has 0 aliphatic heterocycles. The van der Waals surface area contributed by atoms with Crippen molar-refractivity contribution in [3.8, 4) is 0 Å². The maximum atomic E-state index is 6.05. The van der Waals surface area contributed by atoms with E-state index in [9.17, 15) is 0 Å². The average Bonchev–Trinajstić information content (AvgIpc) is 2.28. The first-order chi connectivity index (χ1) is 7.75. The molecule has 0 radical (unpaired) electrons. The van der Waals surface area contributed by atoms with E-state index in [-0.39, 0.29) is 0 Å². The van der Waals surface area contributed by atoms with Crippen LogP contribution in [-0.2, 0) is 5.75 Å². The number of benzene rings is 1. The van der Waals surface area contributed by atoms with E-state index in [1.54, 1.807) is 18.0 Å². The van der Waals surface area contributed by atoms with Crippen LogP contribution in [0.1, 0.15) is 5.56 Å². The summed E-state index contributed by atoms with van der Waals surface area (Å²) in [5, 5.41) is 1.63. The topological polar surface area (TPSA) is 51.8 Å². The molecule has 0 aliphatic rings. The lowest BCUT2D eigenvalue weighted by Crippen LogP contribution is -1.94. The molecular weight excluding hydrogens is 242 g/mol. The zero-order valence-electron chi connectivity index (χ0n) is 8.43. The molecule has 2 N–H and O–H groups in total. The van der Waals surface area contributed by atoms with E-state index in [0.717, 1.165) is 21.4 Å². The summed E-state index contributed by atoms with van der Waals surface area (Å²) in [6.45, 7) is 0. The van der Waals surface area contributed by atoms with Crippen LogP contribution in [-0.4, -0.2) is 9.97 Å². The highest BCUT2D eigenvalue weighted by atomic mass is 35.5. The van der Waals surface area contributed by atoms with Gasteiger partial charge in [-0.2, -0.15) is 0 Å². The van der Waals surface area contributed by atoms with Crippen molar-refractivity contribution >= 4 is 29.3 Å². The van der Waals surface area contributed by atoms with Gasteiger partial charge in [0.05, 0.1) is 0 Å². The maximum Gasteiger partial charge on any atom is 0.221 e. The lowest BCUT2D eigenvalue weighted by Gasteiger charge is -2.03. The summed E-state index contributed by atoms with van der Waals surface area (Å²) in [5.41, 5.74) is 6.59. The van der Waals surface area contributed by atoms with Gasteiger partial charge in [0.1, 0.15) is 5.03 Å². The fraction of sp³-hybridized carbons (Fsp3) is 0.0909. The van der Waals surface area contributed by atoms with Gasteiger partial charge in [0.25, 0.3) is 0 Å². The van der Waals surface area contributed by atoms with Gasteiger partial charge in [-0.1, -0.05) is 29.8 Å². The van der Waals surface area contributed by atoms with Crippen LogP contribution in [0.2, 0.25) is 5.02 Å². The normalized spacial score (nSPS) is 10.3. The number of anilines is 1. The number of hydrogen-bond acceptors (Lipinski definition) is 4. The molecule has 1 heterocycles. The Kier molecular flexibility index (Phi) is 3.64. The summed E-state index contributed by atoms with van der Waals surface area (Å²) in [7, 11) is 0. The number of nitrogens with zero attached hydrogens (tertiary/aromatic N) is 2. The molecule has 0 amide bonds. The van der Waals surface area contributed by atoms with Gasteiger partial charge in [0, 0.05) is 17.0 Å². The molecule has 82 valence electrons. The van der Waals surface area contributed by atoms with Crippen molar-refractivity contribution in [3.63, 3.8) is 0 Å². The maximum absolute atomic E-state index is 6.05. The lowest BCUT2D eigenvalue weighted by atomic mass is 10.2. The number of thioether (sulfide) groups is 1. The van der Waals surface area contributed by atoms with Gasteiger partial charge in [-0.15, -0.1) is 11.8 Å². The smallest absolute Gasteiger partial charge is 0.221 e. The number of rotatable bonds is 3. The van der Waals surface area contributed by atoms with Gasteiger partial charge in [-0.3, -0.25) is 0 Å². The summed E-state index contributed by atoms with van der Waals surface area (Å²) in [5.74, 6) is 1.07. The number of nitrogen functional groups attached to an aromatic ring is 1. The summed E-state index contributed by atoms with van der Waals surface area (Å²) in [4.78, 5) is 7.94. The predicted octanol–water partition coefficient (Wildman–Crippen LogP) is 3.00. The van der Waals surface area contributed by atoms with Gasteiger partial charge in [-0.05, 0) is 17.7 Å². The van der Waals surface area contributed by atoms with Crippen molar-refractivity contribution in [2.24, 2.45) is 0 Å². The molecule has 5 heteroatoms. The first kappa shape index (κ1) is 11.2. The van der Waals surface area contributed by atoms with Crippen LogP contribution in [0.15, 0.2) is 41.6 Å². The van der Waals surface area contributed by atoms with Crippen LogP contribution in [0.5, 0.6) is 0 Å². The molecular formula is C11H10ClN3S. The third-order valence-electron chi connectivity index (χ3n) is 1.98. The van der Waals surface area contributed by atoms with Gasteiger partial charge >= 0.3 is 0 Å². The highest BCUT2D eigenvalue weighted by Gasteiger charge is 2.01. The van der Waals surface area contributed by atoms with Gasteiger partial charge in [0.15, 0.2) is 0 Å². The molecule has 2 rings (SSSR count). The van der Waals surface area contributed by atoms with Crippen molar-refractivity contribution < 1.29 is 0 Å². The van der Waals surface area contributed by atoms with Crippen molar-refractivity contribution in [2.75, 3.05) is 5.73 Å². The molecule has 16 heavy (non-hydrogen) atoms. The summed E-state index contributed by atoms with van der Waals surface area (Å²) >= 11 is 7.64. The second-order valence-electron chi connectivity index (χ2n) is 3.13. The molecule has 0 fully saturated rings. The quantitative estimate of drug-likeness (QED) is 0.673. The highest BCUT2D eigenvalue weighted by molar-refractivity contribution is 7.98. The lowest BCUT2D eigenvalue weighted by molar-refractivity contribution is 1.06. The minimum Gasteiger partial charge on any atom is -0.368 e. The van der Waals surface area contributed by atoms with Crippen LogP contribution in [0.3, 0.4) is 0 Å². The Bertz CT molecular complexity index is 490. The second kappa shape index (κ2) is 5.18. The van der Waals surface area contributed by atoms with E-state index < -0.39 is 0 Å². The number of nitrogens with two attached hydrogens (primary N) is 1. The van der Waals surface area contributed by atoms with Crippen LogP contribution < -0.4 is 5.73 Å². The third-order valence-corrected chi connectivity index (χ3v) is 3.33. The van der Waals surface area contributed by atoms with Crippen LogP contribution in [0, 0.1) is 0 Å². The number of hydrogen-bond donors (Lipinski definition) is 1. The van der Waals surface area contributed by atoms with Crippen LogP contribution >= 0.6 is 23.4 Å². The molecule has 0 saturated carbocycles. The van der Waals surface area contributed by atoms with Gasteiger partial charge < -0.3 is 5.73 Å². The summed E-state index contributed by atoms with van der Waals surface area (Å²) in [6.07, 6.45) is 1.65. The minimum absolute atomic E-state index is 0.296. The Hall–Kier alpha value is -1.26. The summed E-state index contributed by atoms with van der Waals surface area (Å²) in [6, 6.07) is 9.60. The SMILES string of the molecule is Nc1nccc(SCc2ccccc2Cl)n1. The fourth-order valence-electron chi connectivity index (χ4n) is 1.20. The summed E-state index contributed by atoms with van der Waals surface area (Å²) < 4.78 is 0. The van der Waals surface area contributed by atoms with E-state index in [1.807, 2.05) is 30.3 Å². The van der Waals surface area contributed by atoms with E-state index in [0.29, 0.717) is 5.95 Å². The fourth-order valence-corrected chi connectivity index (χ4v) is 2.36. The molecule has 3 nitrogen and oxygen atoms in total. The number of halogens is 1. The number of aromatic nitrogens is 2. The third kappa shape index (κ3) is 2.87. The molecule has 0 saturated heterocycles. The van der Waals surface area contributed by atoms with Crippen molar-refractivity contribution in [1.29, 1.82) is 0 Å².